The third-order valence-electron chi connectivity index (χ3n) is 5.39. The molecule has 202 valence electrons. The summed E-state index contributed by atoms with van der Waals surface area (Å²) in [6.45, 7) is 1.17. The predicted molar refractivity (Wildman–Crippen MR) is 138 cm³/mol. The lowest BCUT2D eigenvalue weighted by molar-refractivity contribution is -0.384. The summed E-state index contributed by atoms with van der Waals surface area (Å²) < 4.78 is 29.9. The van der Waals surface area contributed by atoms with E-state index in [-0.39, 0.29) is 36.5 Å². The van der Waals surface area contributed by atoms with E-state index >= 15 is 0 Å². The Balaban J connectivity index is 1.78. The second-order valence-corrected chi connectivity index (χ2v) is 11.6. The smallest absolute Gasteiger partial charge is 0.411 e. The van der Waals surface area contributed by atoms with E-state index in [9.17, 15) is 37.7 Å². The van der Waals surface area contributed by atoms with Crippen LogP contribution in [0.1, 0.15) is 35.7 Å². The van der Waals surface area contributed by atoms with Crippen molar-refractivity contribution in [2.24, 2.45) is 0 Å². The van der Waals surface area contributed by atoms with Gasteiger partial charge >= 0.3 is 6.09 Å². The molecule has 38 heavy (non-hydrogen) atoms. The third kappa shape index (κ3) is 7.07. The molecule has 1 heterocycles. The molecule has 3 rings (SSSR count). The molecule has 0 bridgehead atoms. The van der Waals surface area contributed by atoms with Crippen molar-refractivity contribution >= 4 is 56.2 Å². The number of hydrogen-bond donors (Lipinski definition) is 2. The highest BCUT2D eigenvalue weighted by atomic mass is 32.2. The van der Waals surface area contributed by atoms with Gasteiger partial charge in [0.25, 0.3) is 17.5 Å². The topological polar surface area (TPSA) is 182 Å². The quantitative estimate of drug-likeness (QED) is 0.357. The molecular formula is C23H24N4O9S2. The number of thioether (sulfide) groups is 1. The van der Waals surface area contributed by atoms with Gasteiger partial charge in [0.15, 0.2) is 9.99 Å². The molecular weight excluding hydrogens is 540 g/mol. The van der Waals surface area contributed by atoms with Gasteiger partial charge in [0.2, 0.25) is 10.0 Å². The van der Waals surface area contributed by atoms with Crippen molar-refractivity contribution in [2.45, 2.75) is 31.2 Å². The first kappa shape index (κ1) is 28.6. The van der Waals surface area contributed by atoms with Crippen molar-refractivity contribution in [1.82, 2.24) is 9.62 Å². The van der Waals surface area contributed by atoms with E-state index in [1.165, 1.54) is 55.5 Å². The van der Waals surface area contributed by atoms with E-state index in [4.69, 9.17) is 4.74 Å². The zero-order valence-electron chi connectivity index (χ0n) is 20.3. The SMILES string of the molecule is CC(=O)SC1(C(=O)Nc2cccc(C(=O)NS(C)(=O)=O)c2)CCCN1C(=O)OCc1ccc([N+](=O)[O-])cc1. The summed E-state index contributed by atoms with van der Waals surface area (Å²) in [5.41, 5.74) is 0.477. The van der Waals surface area contributed by atoms with Crippen LogP contribution >= 0.6 is 11.8 Å². The summed E-state index contributed by atoms with van der Waals surface area (Å²) in [7, 11) is -3.81. The third-order valence-corrected chi connectivity index (χ3v) is 7.18. The summed E-state index contributed by atoms with van der Waals surface area (Å²) in [5, 5.41) is 13.0. The van der Waals surface area contributed by atoms with Crippen LogP contribution in [-0.2, 0) is 31.0 Å². The second-order valence-electron chi connectivity index (χ2n) is 8.35. The highest BCUT2D eigenvalue weighted by Gasteiger charge is 2.52. The number of carbonyl (C=O) groups excluding carboxylic acids is 4. The Kier molecular flexibility index (Phi) is 8.73. The average Bonchev–Trinajstić information content (AvgIpc) is 3.26. The molecule has 2 aromatic rings. The lowest BCUT2D eigenvalue weighted by Crippen LogP contribution is -2.53. The minimum absolute atomic E-state index is 0.0349. The number of anilines is 1. The monoisotopic (exact) mass is 564 g/mol. The van der Waals surface area contributed by atoms with Crippen molar-refractivity contribution in [3.05, 3.63) is 69.8 Å². The summed E-state index contributed by atoms with van der Waals surface area (Å²) in [6.07, 6.45) is 0.515. The number of rotatable bonds is 8. The Hall–Kier alpha value is -3.98. The van der Waals surface area contributed by atoms with E-state index in [1.54, 1.807) is 0 Å². The number of nitrogens with zero attached hydrogens (tertiary/aromatic N) is 2. The lowest BCUT2D eigenvalue weighted by Gasteiger charge is -2.34. The molecule has 0 aliphatic carbocycles. The number of hydrogen-bond acceptors (Lipinski definition) is 10. The number of amides is 3. The number of sulfonamides is 1. The van der Waals surface area contributed by atoms with Crippen LogP contribution in [0.2, 0.25) is 0 Å². The first-order valence-corrected chi connectivity index (χ1v) is 13.8. The summed E-state index contributed by atoms with van der Waals surface area (Å²) in [5.74, 6) is -1.60. The van der Waals surface area contributed by atoms with Gasteiger partial charge in [-0.1, -0.05) is 6.07 Å². The van der Waals surface area contributed by atoms with E-state index in [0.29, 0.717) is 23.7 Å². The Labute approximate surface area is 222 Å². The number of ether oxygens (including phenoxy) is 1. The van der Waals surface area contributed by atoms with Crippen LogP contribution < -0.4 is 10.0 Å². The van der Waals surface area contributed by atoms with Gasteiger partial charge in [-0.05, 0) is 60.5 Å². The molecule has 0 saturated carbocycles. The number of likely N-dealkylation sites (tertiary alicyclic amines) is 1. The normalized spacial score (nSPS) is 16.9. The highest BCUT2D eigenvalue weighted by Crippen LogP contribution is 2.41. The average molecular weight is 565 g/mol. The van der Waals surface area contributed by atoms with Crippen LogP contribution in [0.3, 0.4) is 0 Å². The molecule has 1 saturated heterocycles. The van der Waals surface area contributed by atoms with Gasteiger partial charge in [-0.15, -0.1) is 0 Å². The van der Waals surface area contributed by atoms with Gasteiger partial charge in [0.05, 0.1) is 11.2 Å². The summed E-state index contributed by atoms with van der Waals surface area (Å²) >= 11 is 0.659. The number of nitro groups is 1. The van der Waals surface area contributed by atoms with E-state index in [2.05, 4.69) is 5.32 Å². The molecule has 1 fully saturated rings. The second kappa shape index (κ2) is 11.6. The minimum Gasteiger partial charge on any atom is -0.445 e. The van der Waals surface area contributed by atoms with Crippen LogP contribution in [0, 0.1) is 10.1 Å². The van der Waals surface area contributed by atoms with Gasteiger partial charge < -0.3 is 10.1 Å². The molecule has 1 atom stereocenters. The molecule has 0 spiro atoms. The molecule has 2 N–H and O–H groups in total. The minimum atomic E-state index is -3.81. The van der Waals surface area contributed by atoms with Crippen molar-refractivity contribution in [3.63, 3.8) is 0 Å². The van der Waals surface area contributed by atoms with E-state index in [1.807, 2.05) is 4.72 Å². The zero-order valence-corrected chi connectivity index (χ0v) is 22.0. The molecule has 13 nitrogen and oxygen atoms in total. The number of non-ortho nitro benzene ring substituents is 1. The van der Waals surface area contributed by atoms with Crippen molar-refractivity contribution in [3.8, 4) is 0 Å². The molecule has 2 aromatic carbocycles. The highest BCUT2D eigenvalue weighted by molar-refractivity contribution is 8.15. The predicted octanol–water partition coefficient (Wildman–Crippen LogP) is 2.63. The van der Waals surface area contributed by atoms with Crippen molar-refractivity contribution < 1.29 is 37.3 Å². The maximum absolute atomic E-state index is 13.5. The Morgan fingerprint density at radius 2 is 1.84 bits per heavy atom. The van der Waals surface area contributed by atoms with Gasteiger partial charge in [0, 0.05) is 36.9 Å². The van der Waals surface area contributed by atoms with Crippen molar-refractivity contribution in [1.29, 1.82) is 0 Å². The Bertz CT molecular complexity index is 1380. The van der Waals surface area contributed by atoms with Gasteiger partial charge in [-0.3, -0.25) is 29.4 Å². The Morgan fingerprint density at radius 1 is 1.16 bits per heavy atom. The fraction of sp³-hybridized carbons (Fsp3) is 0.304. The standard InChI is InChI=1S/C23H24N4O9S2/c1-15(28)37-23(21(30)24-18-6-3-5-17(13-18)20(29)25-38(2,34)35)11-4-12-26(23)22(31)36-14-16-7-9-19(10-8-16)27(32)33/h3,5-10,13H,4,11-12,14H2,1-2H3,(H,24,30)(H,25,29). The first-order valence-electron chi connectivity index (χ1n) is 11.1. The Morgan fingerprint density at radius 3 is 2.45 bits per heavy atom. The van der Waals surface area contributed by atoms with Crippen molar-refractivity contribution in [2.75, 3.05) is 18.1 Å². The maximum Gasteiger partial charge on any atom is 0.411 e. The molecule has 0 aromatic heterocycles. The molecule has 15 heteroatoms. The fourth-order valence-electron chi connectivity index (χ4n) is 3.79. The number of benzene rings is 2. The van der Waals surface area contributed by atoms with Crippen LogP contribution in [0.5, 0.6) is 0 Å². The van der Waals surface area contributed by atoms with Crippen LogP contribution in [0.4, 0.5) is 16.2 Å². The van der Waals surface area contributed by atoms with Crippen LogP contribution in [0.15, 0.2) is 48.5 Å². The zero-order chi connectivity index (χ0) is 28.1. The van der Waals surface area contributed by atoms with Gasteiger partial charge in [0.1, 0.15) is 6.61 Å². The summed E-state index contributed by atoms with van der Waals surface area (Å²) in [6, 6.07) is 10.9. The fourth-order valence-corrected chi connectivity index (χ4v) is 5.38. The van der Waals surface area contributed by atoms with Crippen LogP contribution in [0.25, 0.3) is 0 Å². The van der Waals surface area contributed by atoms with E-state index < -0.39 is 42.8 Å². The number of nitro benzene ring substituents is 1. The molecule has 1 aliphatic heterocycles. The maximum atomic E-state index is 13.5. The molecule has 3 amide bonds. The molecule has 1 unspecified atom stereocenters. The largest absolute Gasteiger partial charge is 0.445 e. The first-order chi connectivity index (χ1) is 17.8. The van der Waals surface area contributed by atoms with Gasteiger partial charge in [-0.2, -0.15) is 0 Å². The van der Waals surface area contributed by atoms with E-state index in [0.717, 1.165) is 11.2 Å². The number of carbonyl (C=O) groups is 4. The van der Waals surface area contributed by atoms with Gasteiger partial charge in [-0.25, -0.2) is 17.9 Å². The molecule has 0 radical (unpaired) electrons. The van der Waals surface area contributed by atoms with Crippen LogP contribution in [-0.4, -0.2) is 58.9 Å². The number of nitrogens with one attached hydrogen (secondary N) is 2. The lowest BCUT2D eigenvalue weighted by atomic mass is 10.1. The molecule has 1 aliphatic rings. The summed E-state index contributed by atoms with van der Waals surface area (Å²) in [4.78, 5) is 60.6.